The van der Waals surface area contributed by atoms with Gasteiger partial charge in [-0.25, -0.2) is 4.79 Å². The quantitative estimate of drug-likeness (QED) is 0.636. The molecule has 112 valence electrons. The van der Waals surface area contributed by atoms with Gasteiger partial charge in [0.15, 0.2) is 0 Å². The number of aromatic nitrogens is 1. The predicted octanol–water partition coefficient (Wildman–Crippen LogP) is 5.46. The Morgan fingerprint density at radius 2 is 1.86 bits per heavy atom. The van der Waals surface area contributed by atoms with Gasteiger partial charge in [-0.1, -0.05) is 45.2 Å². The fourth-order valence-corrected chi connectivity index (χ4v) is 3.11. The van der Waals surface area contributed by atoms with Crippen LogP contribution < -0.4 is 0 Å². The van der Waals surface area contributed by atoms with Crippen molar-refractivity contribution in [1.29, 1.82) is 0 Å². The van der Waals surface area contributed by atoms with E-state index in [4.69, 9.17) is 23.2 Å². The molecule has 0 saturated carbocycles. The normalized spacial score (nSPS) is 11.0. The van der Waals surface area contributed by atoms with E-state index >= 15 is 0 Å². The van der Waals surface area contributed by atoms with Gasteiger partial charge in [-0.2, -0.15) is 0 Å². The highest BCUT2D eigenvalue weighted by Gasteiger charge is 2.15. The van der Waals surface area contributed by atoms with Crippen LogP contribution in [-0.4, -0.2) is 15.6 Å². The second-order valence-corrected chi connectivity index (χ2v) is 6.60. The van der Waals surface area contributed by atoms with Gasteiger partial charge < -0.3 is 9.67 Å². The van der Waals surface area contributed by atoms with E-state index in [1.54, 1.807) is 22.8 Å². The molecule has 1 aromatic heterocycles. The standard InChI is InChI=1S/C16H10BrCl2NO2/c17-11-2-4-14-10(6-11)7-15(16(21)22)20(14)8-9-1-3-12(18)13(19)5-9/h1-7H,8H2,(H,21,22). The minimum Gasteiger partial charge on any atom is -0.477 e. The van der Waals surface area contributed by atoms with Crippen LogP contribution in [0.1, 0.15) is 16.1 Å². The van der Waals surface area contributed by atoms with Crippen LogP contribution in [0.2, 0.25) is 10.0 Å². The van der Waals surface area contributed by atoms with Gasteiger partial charge in [0.05, 0.1) is 10.0 Å². The number of benzene rings is 2. The molecule has 0 aliphatic rings. The summed E-state index contributed by atoms with van der Waals surface area (Å²) in [5.41, 5.74) is 1.98. The molecule has 1 heterocycles. The highest BCUT2D eigenvalue weighted by atomic mass is 79.9. The molecule has 0 spiro atoms. The van der Waals surface area contributed by atoms with E-state index in [1.165, 1.54) is 0 Å². The highest BCUT2D eigenvalue weighted by molar-refractivity contribution is 9.10. The lowest BCUT2D eigenvalue weighted by atomic mass is 10.2. The van der Waals surface area contributed by atoms with Gasteiger partial charge in [-0.05, 0) is 42.0 Å². The van der Waals surface area contributed by atoms with Crippen LogP contribution >= 0.6 is 39.1 Å². The predicted molar refractivity (Wildman–Crippen MR) is 92.2 cm³/mol. The molecule has 0 aliphatic carbocycles. The van der Waals surface area contributed by atoms with Crippen LogP contribution in [0.3, 0.4) is 0 Å². The van der Waals surface area contributed by atoms with Gasteiger partial charge in [0.1, 0.15) is 5.69 Å². The monoisotopic (exact) mass is 397 g/mol. The molecule has 3 rings (SSSR count). The first-order chi connectivity index (χ1) is 10.5. The minimum absolute atomic E-state index is 0.235. The van der Waals surface area contributed by atoms with E-state index in [9.17, 15) is 9.90 Å². The van der Waals surface area contributed by atoms with E-state index in [2.05, 4.69) is 15.9 Å². The van der Waals surface area contributed by atoms with Crippen LogP contribution in [-0.2, 0) is 6.54 Å². The Labute approximate surface area is 145 Å². The minimum atomic E-state index is -0.965. The summed E-state index contributed by atoms with van der Waals surface area (Å²) in [5.74, 6) is -0.965. The first kappa shape index (κ1) is 15.4. The molecule has 0 radical (unpaired) electrons. The fraction of sp³-hybridized carbons (Fsp3) is 0.0625. The number of carboxylic acid groups (broad SMARTS) is 1. The Kier molecular flexibility index (Phi) is 4.17. The fourth-order valence-electron chi connectivity index (χ4n) is 2.41. The van der Waals surface area contributed by atoms with Crippen molar-refractivity contribution < 1.29 is 9.90 Å². The molecule has 3 nitrogen and oxygen atoms in total. The summed E-state index contributed by atoms with van der Waals surface area (Å²) >= 11 is 15.3. The van der Waals surface area contributed by atoms with Crippen molar-refractivity contribution in [2.75, 3.05) is 0 Å². The molecule has 0 fully saturated rings. The average Bonchev–Trinajstić information content (AvgIpc) is 2.81. The molecule has 22 heavy (non-hydrogen) atoms. The summed E-state index contributed by atoms with van der Waals surface area (Å²) in [5, 5.41) is 11.2. The number of carbonyl (C=O) groups is 1. The zero-order valence-corrected chi connectivity index (χ0v) is 14.3. The molecule has 0 unspecified atom stereocenters. The van der Waals surface area contributed by atoms with Crippen LogP contribution in [0.4, 0.5) is 0 Å². The number of rotatable bonds is 3. The Bertz CT molecular complexity index is 889. The molecule has 0 bridgehead atoms. The van der Waals surface area contributed by atoms with Gasteiger partial charge in [-0.15, -0.1) is 0 Å². The molecule has 6 heteroatoms. The second-order valence-electron chi connectivity index (χ2n) is 4.87. The lowest BCUT2D eigenvalue weighted by Gasteiger charge is -2.09. The lowest BCUT2D eigenvalue weighted by Crippen LogP contribution is -2.09. The topological polar surface area (TPSA) is 42.2 Å². The maximum Gasteiger partial charge on any atom is 0.352 e. The maximum atomic E-state index is 11.5. The highest BCUT2D eigenvalue weighted by Crippen LogP contribution is 2.27. The molecule has 0 atom stereocenters. The third-order valence-electron chi connectivity index (χ3n) is 3.41. The second kappa shape index (κ2) is 5.95. The molecule has 1 N–H and O–H groups in total. The van der Waals surface area contributed by atoms with E-state index < -0.39 is 5.97 Å². The SMILES string of the molecule is O=C(O)c1cc2cc(Br)ccc2n1Cc1ccc(Cl)c(Cl)c1. The Morgan fingerprint density at radius 3 is 2.55 bits per heavy atom. The van der Waals surface area contributed by atoms with Gasteiger partial charge in [0, 0.05) is 21.9 Å². The Balaban J connectivity index is 2.13. The third kappa shape index (κ3) is 2.86. The molecule has 0 aliphatic heterocycles. The Morgan fingerprint density at radius 1 is 1.09 bits per heavy atom. The molecular formula is C16H10BrCl2NO2. The van der Waals surface area contributed by atoms with Crippen molar-refractivity contribution in [2.24, 2.45) is 0 Å². The van der Waals surface area contributed by atoms with E-state index in [-0.39, 0.29) is 5.69 Å². The number of nitrogens with zero attached hydrogens (tertiary/aromatic N) is 1. The summed E-state index contributed by atoms with van der Waals surface area (Å²) < 4.78 is 2.66. The number of aromatic carboxylic acids is 1. The van der Waals surface area contributed by atoms with Gasteiger partial charge in [0.25, 0.3) is 0 Å². The largest absolute Gasteiger partial charge is 0.477 e. The first-order valence-electron chi connectivity index (χ1n) is 6.42. The summed E-state index contributed by atoms with van der Waals surface area (Å²) in [6.07, 6.45) is 0. The van der Waals surface area contributed by atoms with Crippen molar-refractivity contribution in [3.05, 3.63) is 68.2 Å². The van der Waals surface area contributed by atoms with E-state index in [0.29, 0.717) is 16.6 Å². The number of hydrogen-bond acceptors (Lipinski definition) is 1. The zero-order chi connectivity index (χ0) is 15.9. The Hall–Kier alpha value is -1.49. The van der Waals surface area contributed by atoms with Crippen LogP contribution in [0, 0.1) is 0 Å². The van der Waals surface area contributed by atoms with Gasteiger partial charge in [0.2, 0.25) is 0 Å². The number of carboxylic acids is 1. The zero-order valence-electron chi connectivity index (χ0n) is 11.2. The lowest BCUT2D eigenvalue weighted by molar-refractivity contribution is 0.0686. The van der Waals surface area contributed by atoms with E-state index in [0.717, 1.165) is 20.9 Å². The summed E-state index contributed by atoms with van der Waals surface area (Å²) in [6.45, 7) is 0.406. The average molecular weight is 399 g/mol. The number of fused-ring (bicyclic) bond motifs is 1. The molecule has 3 aromatic rings. The van der Waals surface area contributed by atoms with Crippen molar-refractivity contribution in [3.8, 4) is 0 Å². The maximum absolute atomic E-state index is 11.5. The third-order valence-corrected chi connectivity index (χ3v) is 4.64. The van der Waals surface area contributed by atoms with E-state index in [1.807, 2.05) is 24.3 Å². The number of halogens is 3. The smallest absolute Gasteiger partial charge is 0.352 e. The first-order valence-corrected chi connectivity index (χ1v) is 7.96. The van der Waals surface area contributed by atoms with Crippen LogP contribution in [0.25, 0.3) is 10.9 Å². The summed E-state index contributed by atoms with van der Waals surface area (Å²) in [6, 6.07) is 12.6. The van der Waals surface area contributed by atoms with Crippen molar-refractivity contribution in [1.82, 2.24) is 4.57 Å². The van der Waals surface area contributed by atoms with Crippen LogP contribution in [0.15, 0.2) is 46.9 Å². The van der Waals surface area contributed by atoms with Gasteiger partial charge in [-0.3, -0.25) is 0 Å². The van der Waals surface area contributed by atoms with Crippen molar-refractivity contribution in [3.63, 3.8) is 0 Å². The summed E-state index contributed by atoms with van der Waals surface area (Å²) in [4.78, 5) is 11.5. The van der Waals surface area contributed by atoms with Crippen molar-refractivity contribution in [2.45, 2.75) is 6.54 Å². The molecule has 0 amide bonds. The van der Waals surface area contributed by atoms with Crippen molar-refractivity contribution >= 4 is 56.0 Å². The summed E-state index contributed by atoms with van der Waals surface area (Å²) in [7, 11) is 0. The number of hydrogen-bond donors (Lipinski definition) is 1. The molecule has 2 aromatic carbocycles. The van der Waals surface area contributed by atoms with Crippen LogP contribution in [0.5, 0.6) is 0 Å². The van der Waals surface area contributed by atoms with Gasteiger partial charge >= 0.3 is 5.97 Å². The molecule has 0 saturated heterocycles. The molecular weight excluding hydrogens is 389 g/mol.